The maximum Gasteiger partial charge on any atom is 0.119 e. The van der Waals surface area contributed by atoms with Gasteiger partial charge in [0.15, 0.2) is 0 Å². The van der Waals surface area contributed by atoms with E-state index in [0.29, 0.717) is 6.61 Å². The van der Waals surface area contributed by atoms with Crippen LogP contribution in [0.15, 0.2) is 18.2 Å². The molecule has 1 aromatic rings. The number of aliphatic hydroxyl groups is 2. The first-order chi connectivity index (χ1) is 7.31. The zero-order valence-electron chi connectivity index (χ0n) is 8.65. The summed E-state index contributed by atoms with van der Waals surface area (Å²) in [6.45, 7) is 0.314. The van der Waals surface area contributed by atoms with E-state index in [1.165, 1.54) is 5.56 Å². The normalized spacial score (nSPS) is 19.7. The van der Waals surface area contributed by atoms with Crippen molar-refractivity contribution >= 4 is 0 Å². The molecular formula is C12H16O3. The molecule has 0 unspecified atom stereocenters. The maximum absolute atomic E-state index is 9.81. The third kappa shape index (κ3) is 2.30. The second-order valence-corrected chi connectivity index (χ2v) is 3.84. The molecule has 1 aromatic carbocycles. The molecule has 15 heavy (non-hydrogen) atoms. The molecular weight excluding hydrogens is 192 g/mol. The summed E-state index contributed by atoms with van der Waals surface area (Å²) in [5.74, 6) is 0.726. The molecule has 0 spiro atoms. The van der Waals surface area contributed by atoms with Crippen LogP contribution in [0.1, 0.15) is 30.1 Å². The lowest BCUT2D eigenvalue weighted by molar-refractivity contribution is 0.155. The van der Waals surface area contributed by atoms with E-state index in [-0.39, 0.29) is 12.7 Å². The summed E-state index contributed by atoms with van der Waals surface area (Å²) in [6.07, 6.45) is 2.56. The van der Waals surface area contributed by atoms with Crippen molar-refractivity contribution in [1.29, 1.82) is 0 Å². The molecule has 0 radical (unpaired) electrons. The molecule has 3 nitrogen and oxygen atoms in total. The second-order valence-electron chi connectivity index (χ2n) is 3.84. The van der Waals surface area contributed by atoms with Crippen molar-refractivity contribution in [1.82, 2.24) is 0 Å². The fourth-order valence-corrected chi connectivity index (χ4v) is 2.01. The van der Waals surface area contributed by atoms with Crippen LogP contribution in [-0.4, -0.2) is 23.4 Å². The number of hydrogen-bond donors (Lipinski definition) is 2. The Labute approximate surface area is 89.3 Å². The Bertz CT molecular complexity index is 336. The van der Waals surface area contributed by atoms with Gasteiger partial charge in [0.05, 0.1) is 12.7 Å². The van der Waals surface area contributed by atoms with Crippen LogP contribution in [0.3, 0.4) is 0 Å². The van der Waals surface area contributed by atoms with E-state index in [2.05, 4.69) is 0 Å². The average molecular weight is 208 g/mol. The Kier molecular flexibility index (Phi) is 3.23. The summed E-state index contributed by atoms with van der Waals surface area (Å²) in [5, 5.41) is 18.4. The number of benzene rings is 1. The highest BCUT2D eigenvalue weighted by Gasteiger charge is 2.18. The minimum atomic E-state index is -0.355. The minimum absolute atomic E-state index is 0.0135. The van der Waals surface area contributed by atoms with E-state index in [1.54, 1.807) is 0 Å². The van der Waals surface area contributed by atoms with Gasteiger partial charge in [0.1, 0.15) is 12.4 Å². The minimum Gasteiger partial charge on any atom is -0.491 e. The van der Waals surface area contributed by atoms with Crippen LogP contribution in [0.25, 0.3) is 0 Å². The van der Waals surface area contributed by atoms with Gasteiger partial charge in [-0.2, -0.15) is 0 Å². The number of hydrogen-bond acceptors (Lipinski definition) is 3. The lowest BCUT2D eigenvalue weighted by atomic mass is 9.89. The molecule has 1 aliphatic rings. The van der Waals surface area contributed by atoms with Gasteiger partial charge in [-0.25, -0.2) is 0 Å². The van der Waals surface area contributed by atoms with Gasteiger partial charge in [0.2, 0.25) is 0 Å². The van der Waals surface area contributed by atoms with Gasteiger partial charge >= 0.3 is 0 Å². The first-order valence-corrected chi connectivity index (χ1v) is 5.36. The van der Waals surface area contributed by atoms with Crippen molar-refractivity contribution in [2.24, 2.45) is 0 Å². The number of ether oxygens (including phenoxy) is 1. The predicted molar refractivity (Wildman–Crippen MR) is 56.9 cm³/mol. The lowest BCUT2D eigenvalue weighted by Crippen LogP contribution is -2.10. The third-order valence-corrected chi connectivity index (χ3v) is 2.76. The number of aryl methyl sites for hydroxylation is 1. The van der Waals surface area contributed by atoms with Crippen LogP contribution in [-0.2, 0) is 6.42 Å². The predicted octanol–water partition coefficient (Wildman–Crippen LogP) is 1.43. The average Bonchev–Trinajstić information content (AvgIpc) is 2.27. The van der Waals surface area contributed by atoms with Gasteiger partial charge in [0.25, 0.3) is 0 Å². The zero-order chi connectivity index (χ0) is 10.7. The molecule has 2 rings (SSSR count). The topological polar surface area (TPSA) is 49.7 Å². The molecule has 0 aliphatic heterocycles. The Morgan fingerprint density at radius 3 is 3.07 bits per heavy atom. The van der Waals surface area contributed by atoms with E-state index in [4.69, 9.17) is 9.84 Å². The van der Waals surface area contributed by atoms with Crippen LogP contribution < -0.4 is 4.74 Å². The summed E-state index contributed by atoms with van der Waals surface area (Å²) < 4.78 is 5.31. The Hall–Kier alpha value is -1.06. The van der Waals surface area contributed by atoms with E-state index in [0.717, 1.165) is 30.6 Å². The van der Waals surface area contributed by atoms with E-state index >= 15 is 0 Å². The summed E-state index contributed by atoms with van der Waals surface area (Å²) in [6, 6.07) is 5.78. The lowest BCUT2D eigenvalue weighted by Gasteiger charge is -2.21. The van der Waals surface area contributed by atoms with E-state index < -0.39 is 0 Å². The van der Waals surface area contributed by atoms with Crippen LogP contribution in [0, 0.1) is 0 Å². The monoisotopic (exact) mass is 208 g/mol. The zero-order valence-corrected chi connectivity index (χ0v) is 8.65. The van der Waals surface area contributed by atoms with Crippen LogP contribution >= 0.6 is 0 Å². The van der Waals surface area contributed by atoms with Crippen LogP contribution in [0.2, 0.25) is 0 Å². The molecule has 0 saturated heterocycles. The molecule has 82 valence electrons. The van der Waals surface area contributed by atoms with Crippen LogP contribution in [0.4, 0.5) is 0 Å². The third-order valence-electron chi connectivity index (χ3n) is 2.76. The van der Waals surface area contributed by atoms with E-state index in [1.807, 2.05) is 18.2 Å². The summed E-state index contributed by atoms with van der Waals surface area (Å²) >= 11 is 0. The van der Waals surface area contributed by atoms with Gasteiger partial charge < -0.3 is 14.9 Å². The van der Waals surface area contributed by atoms with Gasteiger partial charge in [0, 0.05) is 0 Å². The van der Waals surface area contributed by atoms with Crippen molar-refractivity contribution in [3.8, 4) is 5.75 Å². The van der Waals surface area contributed by atoms with Crippen molar-refractivity contribution in [2.45, 2.75) is 25.4 Å². The first-order valence-electron chi connectivity index (χ1n) is 5.36. The Balaban J connectivity index is 2.19. The van der Waals surface area contributed by atoms with Gasteiger partial charge in [-0.3, -0.25) is 0 Å². The number of rotatable bonds is 3. The molecule has 0 heterocycles. The number of aliphatic hydroxyl groups excluding tert-OH is 2. The van der Waals surface area contributed by atoms with E-state index in [9.17, 15) is 5.11 Å². The molecule has 0 fully saturated rings. The van der Waals surface area contributed by atoms with Crippen LogP contribution in [0.5, 0.6) is 5.75 Å². The van der Waals surface area contributed by atoms with Crippen molar-refractivity contribution in [3.05, 3.63) is 29.3 Å². The van der Waals surface area contributed by atoms with Gasteiger partial charge in [-0.05, 0) is 42.5 Å². The SMILES string of the molecule is OCCOc1ccc2c(c1)[C@@H](O)CCC2. The van der Waals surface area contributed by atoms with Crippen molar-refractivity contribution in [2.75, 3.05) is 13.2 Å². The fraction of sp³-hybridized carbons (Fsp3) is 0.500. The highest BCUT2D eigenvalue weighted by atomic mass is 16.5. The maximum atomic E-state index is 9.81. The quantitative estimate of drug-likeness (QED) is 0.790. The summed E-state index contributed by atoms with van der Waals surface area (Å²) in [5.41, 5.74) is 2.20. The van der Waals surface area contributed by atoms with Gasteiger partial charge in [-0.1, -0.05) is 6.07 Å². The smallest absolute Gasteiger partial charge is 0.119 e. The first kappa shape index (κ1) is 10.5. The summed E-state index contributed by atoms with van der Waals surface area (Å²) in [7, 11) is 0. The molecule has 0 amide bonds. The van der Waals surface area contributed by atoms with Crippen molar-refractivity contribution < 1.29 is 14.9 Å². The molecule has 0 saturated carbocycles. The number of fused-ring (bicyclic) bond motifs is 1. The largest absolute Gasteiger partial charge is 0.491 e. The van der Waals surface area contributed by atoms with Crippen molar-refractivity contribution in [3.63, 3.8) is 0 Å². The summed E-state index contributed by atoms with van der Waals surface area (Å²) in [4.78, 5) is 0. The standard InChI is InChI=1S/C12H16O3/c13-6-7-15-10-5-4-9-2-1-3-12(14)11(9)8-10/h4-5,8,12-14H,1-3,6-7H2/t12-/m0/s1. The molecule has 2 N–H and O–H groups in total. The van der Waals surface area contributed by atoms with Gasteiger partial charge in [-0.15, -0.1) is 0 Å². The Morgan fingerprint density at radius 1 is 1.40 bits per heavy atom. The molecule has 0 aromatic heterocycles. The molecule has 3 heteroatoms. The molecule has 1 atom stereocenters. The fourth-order valence-electron chi connectivity index (χ4n) is 2.01. The molecule has 1 aliphatic carbocycles. The Morgan fingerprint density at radius 2 is 2.27 bits per heavy atom. The highest BCUT2D eigenvalue weighted by Crippen LogP contribution is 2.32. The highest BCUT2D eigenvalue weighted by molar-refractivity contribution is 5.38. The molecule has 0 bridgehead atoms. The second kappa shape index (κ2) is 4.64.